The second kappa shape index (κ2) is 6.32. The van der Waals surface area contributed by atoms with Crippen LogP contribution in [0.25, 0.3) is 22.6 Å². The molecule has 2 aromatic heterocycles. The summed E-state index contributed by atoms with van der Waals surface area (Å²) < 4.78 is 6.52. The summed E-state index contributed by atoms with van der Waals surface area (Å²) in [4.78, 5) is 11.5. The monoisotopic (exact) mass is 407 g/mol. The summed E-state index contributed by atoms with van der Waals surface area (Å²) in [6.45, 7) is 0.0963. The van der Waals surface area contributed by atoms with Crippen LogP contribution in [0.15, 0.2) is 42.6 Å². The molecule has 7 heteroatoms. The van der Waals surface area contributed by atoms with Gasteiger partial charge in [-0.25, -0.2) is 9.97 Å². The Morgan fingerprint density at radius 1 is 1.14 bits per heavy atom. The number of hydrogen-bond acceptors (Lipinski definition) is 5. The van der Waals surface area contributed by atoms with Crippen LogP contribution in [-0.2, 0) is 0 Å². The van der Waals surface area contributed by atoms with E-state index in [-0.39, 0.29) is 12.7 Å². The number of halogens is 1. The SMILES string of the molecule is NCOc1c(-c2ccccc2)[nH]c(-c2ccnc(N)n2)c1I. The largest absolute Gasteiger partial charge is 0.475 e. The lowest BCUT2D eigenvalue weighted by atomic mass is 10.1. The van der Waals surface area contributed by atoms with Crippen molar-refractivity contribution in [3.05, 3.63) is 46.2 Å². The van der Waals surface area contributed by atoms with E-state index in [0.717, 1.165) is 20.5 Å². The molecule has 0 saturated carbocycles. The molecule has 6 nitrogen and oxygen atoms in total. The summed E-state index contributed by atoms with van der Waals surface area (Å²) in [7, 11) is 0. The van der Waals surface area contributed by atoms with Gasteiger partial charge in [0.25, 0.3) is 0 Å². The molecule has 22 heavy (non-hydrogen) atoms. The van der Waals surface area contributed by atoms with E-state index in [0.29, 0.717) is 11.4 Å². The minimum Gasteiger partial charge on any atom is -0.475 e. The quantitative estimate of drug-likeness (QED) is 0.456. The average Bonchev–Trinajstić information content (AvgIpc) is 2.86. The van der Waals surface area contributed by atoms with Crippen LogP contribution in [0, 0.1) is 3.57 Å². The number of nitrogens with zero attached hydrogens (tertiary/aromatic N) is 2. The maximum absolute atomic E-state index is 5.67. The maximum Gasteiger partial charge on any atom is 0.220 e. The van der Waals surface area contributed by atoms with Crippen LogP contribution < -0.4 is 16.2 Å². The second-order valence-corrected chi connectivity index (χ2v) is 5.57. The van der Waals surface area contributed by atoms with Crippen molar-refractivity contribution in [2.75, 3.05) is 12.5 Å². The van der Waals surface area contributed by atoms with Gasteiger partial charge in [-0.2, -0.15) is 0 Å². The van der Waals surface area contributed by atoms with E-state index in [1.54, 1.807) is 12.3 Å². The molecule has 3 rings (SSSR count). The highest BCUT2D eigenvalue weighted by Crippen LogP contribution is 2.39. The average molecular weight is 407 g/mol. The Kier molecular flexibility index (Phi) is 4.25. The van der Waals surface area contributed by atoms with Crippen LogP contribution in [0.2, 0.25) is 0 Å². The number of H-pyrrole nitrogens is 1. The number of ether oxygens (including phenoxy) is 1. The van der Waals surface area contributed by atoms with E-state index in [1.165, 1.54) is 0 Å². The van der Waals surface area contributed by atoms with Crippen molar-refractivity contribution in [3.8, 4) is 28.4 Å². The summed E-state index contributed by atoms with van der Waals surface area (Å²) >= 11 is 2.21. The lowest BCUT2D eigenvalue weighted by Crippen LogP contribution is -2.08. The minimum atomic E-state index is 0.0963. The van der Waals surface area contributed by atoms with Gasteiger partial charge in [-0.05, 0) is 28.7 Å². The Labute approximate surface area is 141 Å². The smallest absolute Gasteiger partial charge is 0.220 e. The number of anilines is 1. The highest BCUT2D eigenvalue weighted by Gasteiger charge is 2.20. The van der Waals surface area contributed by atoms with Crippen LogP contribution in [0.3, 0.4) is 0 Å². The first kappa shape index (κ1) is 14.8. The topological polar surface area (TPSA) is 103 Å². The van der Waals surface area contributed by atoms with Gasteiger partial charge < -0.3 is 15.5 Å². The van der Waals surface area contributed by atoms with Gasteiger partial charge in [0.1, 0.15) is 6.73 Å². The van der Waals surface area contributed by atoms with Gasteiger partial charge in [-0.1, -0.05) is 30.3 Å². The summed E-state index contributed by atoms with van der Waals surface area (Å²) in [5.74, 6) is 0.937. The van der Waals surface area contributed by atoms with Gasteiger partial charge in [0.2, 0.25) is 5.95 Å². The van der Waals surface area contributed by atoms with Gasteiger partial charge in [-0.3, -0.25) is 5.73 Å². The molecule has 0 amide bonds. The van der Waals surface area contributed by atoms with Crippen LogP contribution in [0.5, 0.6) is 5.75 Å². The second-order valence-electron chi connectivity index (χ2n) is 4.50. The molecule has 1 aromatic carbocycles. The lowest BCUT2D eigenvalue weighted by molar-refractivity contribution is 0.329. The standard InChI is InChI=1S/C15H14IN5O/c16-11-13(10-6-7-19-15(18)20-10)21-12(14(11)22-8-17)9-4-2-1-3-5-9/h1-7,21H,8,17H2,(H2,18,19,20). The normalized spacial score (nSPS) is 10.6. The molecular weight excluding hydrogens is 393 g/mol. The van der Waals surface area contributed by atoms with Crippen molar-refractivity contribution in [1.82, 2.24) is 15.0 Å². The van der Waals surface area contributed by atoms with Crippen LogP contribution >= 0.6 is 22.6 Å². The predicted molar refractivity (Wildman–Crippen MR) is 94.1 cm³/mol. The summed E-state index contributed by atoms with van der Waals surface area (Å²) in [5.41, 5.74) is 14.6. The van der Waals surface area contributed by atoms with Crippen molar-refractivity contribution in [2.24, 2.45) is 5.73 Å². The number of nitrogens with two attached hydrogens (primary N) is 2. The van der Waals surface area contributed by atoms with Crippen molar-refractivity contribution in [1.29, 1.82) is 0 Å². The van der Waals surface area contributed by atoms with Gasteiger partial charge in [-0.15, -0.1) is 0 Å². The summed E-state index contributed by atoms with van der Waals surface area (Å²) in [6.07, 6.45) is 1.63. The third kappa shape index (κ3) is 2.77. The number of nitrogens with one attached hydrogen (secondary N) is 1. The van der Waals surface area contributed by atoms with E-state index in [4.69, 9.17) is 16.2 Å². The highest BCUT2D eigenvalue weighted by atomic mass is 127. The zero-order valence-corrected chi connectivity index (χ0v) is 13.7. The molecule has 0 radical (unpaired) electrons. The van der Waals surface area contributed by atoms with Crippen molar-refractivity contribution in [3.63, 3.8) is 0 Å². The molecule has 0 unspecified atom stereocenters. The molecule has 0 fully saturated rings. The zero-order chi connectivity index (χ0) is 15.5. The number of aromatic nitrogens is 3. The van der Waals surface area contributed by atoms with Gasteiger partial charge in [0.05, 0.1) is 20.7 Å². The van der Waals surface area contributed by atoms with Crippen LogP contribution in [-0.4, -0.2) is 21.7 Å². The number of rotatable bonds is 4. The molecule has 112 valence electrons. The molecule has 2 heterocycles. The van der Waals surface area contributed by atoms with Crippen molar-refractivity contribution >= 4 is 28.5 Å². The van der Waals surface area contributed by atoms with Gasteiger partial charge in [0, 0.05) is 11.8 Å². The Bertz CT molecular complexity index is 788. The van der Waals surface area contributed by atoms with Gasteiger partial charge in [0.15, 0.2) is 5.75 Å². The predicted octanol–water partition coefficient (Wildman–Crippen LogP) is 2.62. The molecule has 5 N–H and O–H groups in total. The number of nitrogen functional groups attached to an aromatic ring is 1. The van der Waals surface area contributed by atoms with E-state index >= 15 is 0 Å². The lowest BCUT2D eigenvalue weighted by Gasteiger charge is -2.05. The fourth-order valence-electron chi connectivity index (χ4n) is 2.18. The molecule has 0 aliphatic heterocycles. The molecule has 0 saturated heterocycles. The fraction of sp³-hybridized carbons (Fsp3) is 0.0667. The van der Waals surface area contributed by atoms with E-state index < -0.39 is 0 Å². The molecule has 0 aliphatic carbocycles. The first-order valence-corrected chi connectivity index (χ1v) is 7.67. The first-order chi connectivity index (χ1) is 10.7. The Balaban J connectivity index is 2.17. The molecule has 3 aromatic rings. The molecule has 0 bridgehead atoms. The Morgan fingerprint density at radius 2 is 1.91 bits per heavy atom. The fourth-order valence-corrected chi connectivity index (χ4v) is 3.01. The number of benzene rings is 1. The van der Waals surface area contributed by atoms with Crippen LogP contribution in [0.1, 0.15) is 0 Å². The zero-order valence-electron chi connectivity index (χ0n) is 11.6. The van der Waals surface area contributed by atoms with Gasteiger partial charge >= 0.3 is 0 Å². The molecule has 0 spiro atoms. The molecule has 0 atom stereocenters. The number of hydrogen-bond donors (Lipinski definition) is 3. The molecular formula is C15H14IN5O. The van der Waals surface area contributed by atoms with E-state index in [2.05, 4.69) is 37.5 Å². The third-order valence-corrected chi connectivity index (χ3v) is 4.15. The number of aromatic amines is 1. The molecule has 0 aliphatic rings. The van der Waals surface area contributed by atoms with Crippen LogP contribution in [0.4, 0.5) is 5.95 Å². The third-order valence-electron chi connectivity index (χ3n) is 3.12. The Morgan fingerprint density at radius 3 is 2.59 bits per heavy atom. The van der Waals surface area contributed by atoms with E-state index in [9.17, 15) is 0 Å². The van der Waals surface area contributed by atoms with Crippen molar-refractivity contribution < 1.29 is 4.74 Å². The summed E-state index contributed by atoms with van der Waals surface area (Å²) in [6, 6.07) is 11.7. The van der Waals surface area contributed by atoms with E-state index in [1.807, 2.05) is 30.3 Å². The van der Waals surface area contributed by atoms with Crippen molar-refractivity contribution in [2.45, 2.75) is 0 Å². The Hall–Kier alpha value is -2.13. The highest BCUT2D eigenvalue weighted by molar-refractivity contribution is 14.1. The summed E-state index contributed by atoms with van der Waals surface area (Å²) in [5, 5.41) is 0. The first-order valence-electron chi connectivity index (χ1n) is 6.59. The minimum absolute atomic E-state index is 0.0963. The maximum atomic E-state index is 5.67.